The highest BCUT2D eigenvalue weighted by Crippen LogP contribution is 2.36. The molecule has 1 aliphatic rings. The lowest BCUT2D eigenvalue weighted by atomic mass is 9.97. The molecule has 0 N–H and O–H groups in total. The molecular weight excluding hydrogens is 462 g/mol. The van der Waals surface area contributed by atoms with Gasteiger partial charge in [-0.1, -0.05) is 17.8 Å². The van der Waals surface area contributed by atoms with Crippen LogP contribution >= 0.6 is 23.1 Å². The van der Waals surface area contributed by atoms with Gasteiger partial charge in [-0.05, 0) is 74.6 Å². The molecule has 33 heavy (non-hydrogen) atoms. The van der Waals surface area contributed by atoms with Gasteiger partial charge in [0.2, 0.25) is 0 Å². The molecule has 0 spiro atoms. The second kappa shape index (κ2) is 9.27. The van der Waals surface area contributed by atoms with Crippen LogP contribution < -0.4 is 10.3 Å². The van der Waals surface area contributed by atoms with Crippen molar-refractivity contribution in [1.29, 1.82) is 0 Å². The Balaban J connectivity index is 1.64. The number of halogens is 2. The van der Waals surface area contributed by atoms with E-state index in [1.54, 1.807) is 15.9 Å². The van der Waals surface area contributed by atoms with Crippen LogP contribution in [0.2, 0.25) is 0 Å². The Bertz CT molecular complexity index is 1360. The molecule has 0 unspecified atom stereocenters. The van der Waals surface area contributed by atoms with Gasteiger partial charge in [0.15, 0.2) is 5.16 Å². The van der Waals surface area contributed by atoms with Crippen LogP contribution in [0, 0.1) is 11.6 Å². The van der Waals surface area contributed by atoms with E-state index in [0.717, 1.165) is 43.0 Å². The van der Waals surface area contributed by atoms with Crippen LogP contribution in [-0.2, 0) is 18.6 Å². The first-order valence-electron chi connectivity index (χ1n) is 10.9. The molecule has 0 saturated heterocycles. The van der Waals surface area contributed by atoms with Gasteiger partial charge in [0.25, 0.3) is 5.56 Å². The third kappa shape index (κ3) is 4.17. The van der Waals surface area contributed by atoms with E-state index in [1.807, 2.05) is 31.2 Å². The standard InChI is InChI=1S/C25H22F2N2O2S2/c1-2-31-16-12-10-15(11-13-16)29-24(30)22-17-6-3-4-9-21(17)33-23(22)28-25(29)32-14-18-19(26)7-5-8-20(18)27/h5,7-8,10-13H,2-4,6,9,14H2,1H3. The Morgan fingerprint density at radius 2 is 1.82 bits per heavy atom. The van der Waals surface area contributed by atoms with Crippen LogP contribution in [0.3, 0.4) is 0 Å². The molecule has 2 aromatic heterocycles. The summed E-state index contributed by atoms with van der Waals surface area (Å²) in [5.74, 6) is -0.479. The van der Waals surface area contributed by atoms with Gasteiger partial charge in [-0.3, -0.25) is 9.36 Å². The minimum Gasteiger partial charge on any atom is -0.494 e. The zero-order valence-corrected chi connectivity index (χ0v) is 19.7. The summed E-state index contributed by atoms with van der Waals surface area (Å²) in [6.07, 6.45) is 4.01. The van der Waals surface area contributed by atoms with E-state index in [2.05, 4.69) is 0 Å². The van der Waals surface area contributed by atoms with Gasteiger partial charge in [-0.15, -0.1) is 11.3 Å². The van der Waals surface area contributed by atoms with Gasteiger partial charge in [0.05, 0.1) is 17.7 Å². The molecule has 0 atom stereocenters. The Labute approximate surface area is 198 Å². The largest absolute Gasteiger partial charge is 0.494 e. The number of hydrogen-bond donors (Lipinski definition) is 0. The van der Waals surface area contributed by atoms with Crippen molar-refractivity contribution < 1.29 is 13.5 Å². The number of nitrogens with zero attached hydrogens (tertiary/aromatic N) is 2. The number of hydrogen-bond acceptors (Lipinski definition) is 5. The van der Waals surface area contributed by atoms with Gasteiger partial charge in [0.1, 0.15) is 22.2 Å². The van der Waals surface area contributed by atoms with Crippen LogP contribution in [0.15, 0.2) is 52.4 Å². The van der Waals surface area contributed by atoms with Crippen LogP contribution in [0.1, 0.15) is 35.8 Å². The summed E-state index contributed by atoms with van der Waals surface area (Å²) >= 11 is 2.72. The molecule has 0 amide bonds. The van der Waals surface area contributed by atoms with Crippen LogP contribution in [0.4, 0.5) is 8.78 Å². The van der Waals surface area contributed by atoms with Crippen molar-refractivity contribution in [3.63, 3.8) is 0 Å². The third-order valence-corrected chi connectivity index (χ3v) is 7.92. The highest BCUT2D eigenvalue weighted by molar-refractivity contribution is 7.98. The topological polar surface area (TPSA) is 44.1 Å². The fourth-order valence-corrected chi connectivity index (χ4v) is 6.51. The van der Waals surface area contributed by atoms with Crippen molar-refractivity contribution in [3.8, 4) is 11.4 Å². The molecule has 2 aromatic carbocycles. The zero-order chi connectivity index (χ0) is 22.9. The highest BCUT2D eigenvalue weighted by Gasteiger charge is 2.23. The summed E-state index contributed by atoms with van der Waals surface area (Å²) in [7, 11) is 0. The fourth-order valence-electron chi connectivity index (χ4n) is 4.18. The van der Waals surface area contributed by atoms with Crippen molar-refractivity contribution in [3.05, 3.63) is 80.5 Å². The smallest absolute Gasteiger partial charge is 0.267 e. The maximum absolute atomic E-state index is 14.2. The molecule has 4 aromatic rings. The quantitative estimate of drug-likeness (QED) is 0.238. The minimum atomic E-state index is -0.606. The van der Waals surface area contributed by atoms with Crippen molar-refractivity contribution in [1.82, 2.24) is 9.55 Å². The van der Waals surface area contributed by atoms with Gasteiger partial charge in [-0.25, -0.2) is 13.8 Å². The Morgan fingerprint density at radius 1 is 1.09 bits per heavy atom. The molecule has 0 radical (unpaired) electrons. The predicted molar refractivity (Wildman–Crippen MR) is 129 cm³/mol. The van der Waals surface area contributed by atoms with Crippen LogP contribution in [-0.4, -0.2) is 16.2 Å². The Kier molecular flexibility index (Phi) is 6.21. The zero-order valence-electron chi connectivity index (χ0n) is 18.1. The molecule has 0 bridgehead atoms. The molecule has 0 saturated carbocycles. The van der Waals surface area contributed by atoms with Crippen molar-refractivity contribution >= 4 is 33.3 Å². The average molecular weight is 485 g/mol. The number of rotatable bonds is 6. The molecule has 170 valence electrons. The summed E-state index contributed by atoms with van der Waals surface area (Å²) < 4.78 is 35.5. The normalized spacial score (nSPS) is 13.3. The first-order chi connectivity index (χ1) is 16.1. The fraction of sp³-hybridized carbons (Fsp3) is 0.280. The average Bonchev–Trinajstić information content (AvgIpc) is 3.18. The number of benzene rings is 2. The predicted octanol–water partition coefficient (Wildman–Crippen LogP) is 6.30. The number of thiophene rings is 1. The van der Waals surface area contributed by atoms with Crippen LogP contribution in [0.5, 0.6) is 5.75 Å². The summed E-state index contributed by atoms with van der Waals surface area (Å²) in [6.45, 7) is 2.45. The minimum absolute atomic E-state index is 0.0264. The van der Waals surface area contributed by atoms with E-state index in [1.165, 1.54) is 23.1 Å². The molecule has 0 aliphatic heterocycles. The van der Waals surface area contributed by atoms with Gasteiger partial charge >= 0.3 is 0 Å². The summed E-state index contributed by atoms with van der Waals surface area (Å²) in [6, 6.07) is 11.1. The van der Waals surface area contributed by atoms with Crippen molar-refractivity contribution in [2.75, 3.05) is 6.61 Å². The molecule has 1 aliphatic carbocycles. The monoisotopic (exact) mass is 484 g/mol. The molecule has 0 fully saturated rings. The molecule has 2 heterocycles. The van der Waals surface area contributed by atoms with Gasteiger partial charge < -0.3 is 4.74 Å². The molecule has 4 nitrogen and oxygen atoms in total. The maximum Gasteiger partial charge on any atom is 0.267 e. The summed E-state index contributed by atoms with van der Waals surface area (Å²) in [4.78, 5) is 20.5. The first-order valence-corrected chi connectivity index (χ1v) is 12.7. The summed E-state index contributed by atoms with van der Waals surface area (Å²) in [5, 5.41) is 1.09. The van der Waals surface area contributed by atoms with Crippen LogP contribution in [0.25, 0.3) is 15.9 Å². The van der Waals surface area contributed by atoms with E-state index < -0.39 is 11.6 Å². The van der Waals surface area contributed by atoms with E-state index in [4.69, 9.17) is 9.72 Å². The SMILES string of the molecule is CCOc1ccc(-n2c(SCc3c(F)cccc3F)nc3sc4c(c3c2=O)CCCC4)cc1. The lowest BCUT2D eigenvalue weighted by Gasteiger charge is -2.14. The van der Waals surface area contributed by atoms with E-state index in [-0.39, 0.29) is 16.9 Å². The van der Waals surface area contributed by atoms with Crippen molar-refractivity contribution in [2.24, 2.45) is 0 Å². The lowest BCUT2D eigenvalue weighted by Crippen LogP contribution is -2.22. The molecule has 5 rings (SSSR count). The molecular formula is C25H22F2N2O2S2. The Hall–Kier alpha value is -2.71. The second-order valence-electron chi connectivity index (χ2n) is 7.84. The van der Waals surface area contributed by atoms with E-state index in [0.29, 0.717) is 33.4 Å². The maximum atomic E-state index is 14.2. The molecule has 8 heteroatoms. The summed E-state index contributed by atoms with van der Waals surface area (Å²) in [5.41, 5.74) is 1.58. The Morgan fingerprint density at radius 3 is 2.55 bits per heavy atom. The number of fused-ring (bicyclic) bond motifs is 3. The van der Waals surface area contributed by atoms with Crippen molar-refractivity contribution in [2.45, 2.75) is 43.5 Å². The second-order valence-corrected chi connectivity index (χ2v) is 9.87. The van der Waals surface area contributed by atoms with E-state index in [9.17, 15) is 13.6 Å². The lowest BCUT2D eigenvalue weighted by molar-refractivity contribution is 0.340. The number of thioether (sulfide) groups is 1. The van der Waals surface area contributed by atoms with Gasteiger partial charge in [0, 0.05) is 16.2 Å². The first kappa shape index (κ1) is 22.1. The number of aryl methyl sites for hydroxylation is 2. The van der Waals surface area contributed by atoms with Gasteiger partial charge in [-0.2, -0.15) is 0 Å². The third-order valence-electron chi connectivity index (χ3n) is 5.77. The van der Waals surface area contributed by atoms with E-state index >= 15 is 0 Å². The highest BCUT2D eigenvalue weighted by atomic mass is 32.2. The number of ether oxygens (including phenoxy) is 1. The number of aromatic nitrogens is 2.